The molecule has 2 N–H and O–H groups in total. The van der Waals surface area contributed by atoms with Crippen LogP contribution in [-0.2, 0) is 16.2 Å². The van der Waals surface area contributed by atoms with Gasteiger partial charge in [-0.15, -0.1) is 0 Å². The number of nitrogens with one attached hydrogen (secondary N) is 2. The number of nitrogens with zero attached hydrogens (tertiary/aromatic N) is 1. The molecule has 34 heavy (non-hydrogen) atoms. The second-order valence-corrected chi connectivity index (χ2v) is 7.57. The van der Waals surface area contributed by atoms with Gasteiger partial charge in [-0.2, -0.15) is 5.26 Å². The Kier molecular flexibility index (Phi) is 8.03. The molecule has 3 aromatic rings. The van der Waals surface area contributed by atoms with E-state index in [2.05, 4.69) is 10.6 Å². The Morgan fingerprint density at radius 1 is 0.941 bits per heavy atom. The van der Waals surface area contributed by atoms with Gasteiger partial charge >= 0.3 is 0 Å². The van der Waals surface area contributed by atoms with Gasteiger partial charge in [0.25, 0.3) is 5.91 Å². The lowest BCUT2D eigenvalue weighted by molar-refractivity contribution is -0.114. The van der Waals surface area contributed by atoms with Crippen molar-refractivity contribution in [3.8, 4) is 17.6 Å². The topological polar surface area (TPSA) is 100 Å². The van der Waals surface area contributed by atoms with Crippen LogP contribution >= 0.6 is 0 Å². The molecule has 7 nitrogen and oxygen atoms in total. The molecular weight excluding hydrogens is 430 g/mol. The second-order valence-electron chi connectivity index (χ2n) is 7.57. The first-order valence-electron chi connectivity index (χ1n) is 10.5. The van der Waals surface area contributed by atoms with Crippen LogP contribution in [0.5, 0.6) is 11.5 Å². The molecule has 0 unspecified atom stereocenters. The van der Waals surface area contributed by atoms with Crippen LogP contribution in [0.1, 0.15) is 23.6 Å². The number of nitriles is 1. The summed E-state index contributed by atoms with van der Waals surface area (Å²) in [6.45, 7) is 3.83. The first kappa shape index (κ1) is 24.1. The van der Waals surface area contributed by atoms with Crippen molar-refractivity contribution in [2.45, 2.75) is 20.5 Å². The summed E-state index contributed by atoms with van der Waals surface area (Å²) in [4.78, 5) is 23.7. The van der Waals surface area contributed by atoms with Crippen LogP contribution in [0.25, 0.3) is 6.08 Å². The highest BCUT2D eigenvalue weighted by Crippen LogP contribution is 2.30. The molecular formula is C27H25N3O4. The van der Waals surface area contributed by atoms with E-state index in [1.54, 1.807) is 42.5 Å². The Bertz CT molecular complexity index is 1240. The molecule has 2 amide bonds. The van der Waals surface area contributed by atoms with Crippen molar-refractivity contribution in [2.24, 2.45) is 0 Å². The number of aryl methyl sites for hydroxylation is 1. The molecule has 0 saturated heterocycles. The Balaban J connectivity index is 1.70. The molecule has 0 bridgehead atoms. The lowest BCUT2D eigenvalue weighted by Gasteiger charge is -2.12. The molecule has 7 heteroatoms. The van der Waals surface area contributed by atoms with Crippen LogP contribution in [0.3, 0.4) is 0 Å². The van der Waals surface area contributed by atoms with Crippen molar-refractivity contribution < 1.29 is 19.1 Å². The summed E-state index contributed by atoms with van der Waals surface area (Å²) in [6.07, 6.45) is 1.48. The number of methoxy groups -OCH3 is 1. The fraction of sp³-hybridized carbons (Fsp3) is 0.148. The largest absolute Gasteiger partial charge is 0.493 e. The van der Waals surface area contributed by atoms with E-state index in [1.807, 2.05) is 37.3 Å². The third-order valence-corrected chi connectivity index (χ3v) is 4.84. The van der Waals surface area contributed by atoms with Gasteiger partial charge in [0.1, 0.15) is 18.2 Å². The maximum atomic E-state index is 12.6. The van der Waals surface area contributed by atoms with Crippen molar-refractivity contribution in [1.29, 1.82) is 5.26 Å². The fourth-order valence-corrected chi connectivity index (χ4v) is 3.09. The number of carbonyl (C=O) groups is 2. The molecule has 0 spiro atoms. The van der Waals surface area contributed by atoms with Gasteiger partial charge < -0.3 is 20.1 Å². The minimum Gasteiger partial charge on any atom is -0.493 e. The van der Waals surface area contributed by atoms with Crippen molar-refractivity contribution >= 4 is 29.3 Å². The van der Waals surface area contributed by atoms with Gasteiger partial charge in [-0.3, -0.25) is 9.59 Å². The number of benzene rings is 3. The molecule has 0 aromatic heterocycles. The monoisotopic (exact) mass is 455 g/mol. The van der Waals surface area contributed by atoms with Gasteiger partial charge in [-0.05, 0) is 60.5 Å². The minimum absolute atomic E-state index is 0.0682. The Hall–Kier alpha value is -4.57. The first-order valence-corrected chi connectivity index (χ1v) is 10.5. The number of rotatable bonds is 8. The van der Waals surface area contributed by atoms with Crippen molar-refractivity contribution in [3.63, 3.8) is 0 Å². The van der Waals surface area contributed by atoms with Crippen molar-refractivity contribution in [3.05, 3.63) is 89.0 Å². The van der Waals surface area contributed by atoms with Crippen molar-refractivity contribution in [1.82, 2.24) is 0 Å². The van der Waals surface area contributed by atoms with Crippen LogP contribution in [0.2, 0.25) is 0 Å². The van der Waals surface area contributed by atoms with Crippen LogP contribution in [0.15, 0.2) is 72.3 Å². The third kappa shape index (κ3) is 6.71. The van der Waals surface area contributed by atoms with Gasteiger partial charge in [0.15, 0.2) is 11.5 Å². The summed E-state index contributed by atoms with van der Waals surface area (Å²) >= 11 is 0. The summed E-state index contributed by atoms with van der Waals surface area (Å²) in [5.41, 5.74) is 3.87. The highest BCUT2D eigenvalue weighted by atomic mass is 16.5. The number of hydrogen-bond acceptors (Lipinski definition) is 5. The number of ether oxygens (including phenoxy) is 2. The molecule has 3 rings (SSSR count). The highest BCUT2D eigenvalue weighted by molar-refractivity contribution is 6.09. The maximum Gasteiger partial charge on any atom is 0.266 e. The lowest BCUT2D eigenvalue weighted by atomic mass is 10.1. The zero-order chi connectivity index (χ0) is 24.5. The highest BCUT2D eigenvalue weighted by Gasteiger charge is 2.12. The molecule has 3 aromatic carbocycles. The van der Waals surface area contributed by atoms with E-state index in [9.17, 15) is 14.9 Å². The number of anilines is 2. The summed E-state index contributed by atoms with van der Waals surface area (Å²) in [5.74, 6) is 0.316. The van der Waals surface area contributed by atoms with Gasteiger partial charge in [0.2, 0.25) is 5.91 Å². The van der Waals surface area contributed by atoms with E-state index in [1.165, 1.54) is 25.7 Å². The second kappa shape index (κ2) is 11.3. The summed E-state index contributed by atoms with van der Waals surface area (Å²) in [5, 5.41) is 14.8. The number of carbonyl (C=O) groups excluding carboxylic acids is 2. The molecule has 0 atom stereocenters. The van der Waals surface area contributed by atoms with E-state index in [4.69, 9.17) is 9.47 Å². The van der Waals surface area contributed by atoms with Crippen LogP contribution < -0.4 is 20.1 Å². The molecule has 0 heterocycles. The molecule has 0 saturated carbocycles. The standard InChI is InChI=1S/C27H25N3O4/c1-18-4-6-20(7-5-18)17-34-25-13-8-21(15-26(25)33-3)14-22(16-28)27(32)30-24-11-9-23(10-12-24)29-19(2)31/h4-15H,17H2,1-3H3,(H,29,31)(H,30,32)/b22-14+. The van der Waals surface area contributed by atoms with Crippen molar-refractivity contribution in [2.75, 3.05) is 17.7 Å². The molecule has 0 radical (unpaired) electrons. The summed E-state index contributed by atoms with van der Waals surface area (Å²) < 4.78 is 11.3. The molecule has 0 aliphatic carbocycles. The summed E-state index contributed by atoms with van der Waals surface area (Å²) in [6, 6.07) is 21.8. The van der Waals surface area contributed by atoms with Crippen LogP contribution in [0.4, 0.5) is 11.4 Å². The van der Waals surface area contributed by atoms with Crippen LogP contribution in [0, 0.1) is 18.3 Å². The fourth-order valence-electron chi connectivity index (χ4n) is 3.09. The number of amides is 2. The van der Waals surface area contributed by atoms with E-state index < -0.39 is 5.91 Å². The Labute approximate surface area is 198 Å². The molecule has 0 fully saturated rings. The predicted molar refractivity (Wildman–Crippen MR) is 131 cm³/mol. The number of hydrogen-bond donors (Lipinski definition) is 2. The van der Waals surface area contributed by atoms with E-state index in [0.717, 1.165) is 5.56 Å². The SMILES string of the molecule is COc1cc(/C=C(\C#N)C(=O)Nc2ccc(NC(C)=O)cc2)ccc1OCc1ccc(C)cc1. The van der Waals surface area contributed by atoms with Gasteiger partial charge in [0.05, 0.1) is 7.11 Å². The average molecular weight is 456 g/mol. The summed E-state index contributed by atoms with van der Waals surface area (Å²) in [7, 11) is 1.53. The zero-order valence-corrected chi connectivity index (χ0v) is 19.2. The molecule has 172 valence electrons. The minimum atomic E-state index is -0.548. The lowest BCUT2D eigenvalue weighted by Crippen LogP contribution is -2.13. The molecule has 0 aliphatic rings. The van der Waals surface area contributed by atoms with E-state index in [-0.39, 0.29) is 11.5 Å². The maximum absolute atomic E-state index is 12.6. The van der Waals surface area contributed by atoms with Crippen LogP contribution in [-0.4, -0.2) is 18.9 Å². The quantitative estimate of drug-likeness (QED) is 0.364. The zero-order valence-electron chi connectivity index (χ0n) is 19.2. The van der Waals surface area contributed by atoms with E-state index in [0.29, 0.717) is 35.0 Å². The normalized spacial score (nSPS) is 10.7. The predicted octanol–water partition coefficient (Wildman–Crippen LogP) is 5.09. The molecule has 0 aliphatic heterocycles. The van der Waals surface area contributed by atoms with Gasteiger partial charge in [0, 0.05) is 18.3 Å². The van der Waals surface area contributed by atoms with Gasteiger partial charge in [-0.1, -0.05) is 35.9 Å². The third-order valence-electron chi connectivity index (χ3n) is 4.84. The smallest absolute Gasteiger partial charge is 0.266 e. The Morgan fingerprint density at radius 2 is 1.59 bits per heavy atom. The first-order chi connectivity index (χ1) is 16.4. The van der Waals surface area contributed by atoms with E-state index >= 15 is 0 Å². The Morgan fingerprint density at radius 3 is 2.18 bits per heavy atom. The average Bonchev–Trinajstić information content (AvgIpc) is 2.83. The van der Waals surface area contributed by atoms with Gasteiger partial charge in [-0.25, -0.2) is 0 Å².